The molecule has 0 saturated carbocycles. The highest BCUT2D eigenvalue weighted by Crippen LogP contribution is 2.38. The number of carbonyl (C=O) groups excluding carboxylic acids is 2. The highest BCUT2D eigenvalue weighted by molar-refractivity contribution is 6.46. The Labute approximate surface area is 189 Å². The van der Waals surface area contributed by atoms with E-state index in [1.165, 1.54) is 13.2 Å². The van der Waals surface area contributed by atoms with Crippen molar-refractivity contribution in [2.24, 2.45) is 0 Å². The first-order valence-corrected chi connectivity index (χ1v) is 10.2. The predicted molar refractivity (Wildman–Crippen MR) is 120 cm³/mol. The van der Waals surface area contributed by atoms with Crippen molar-refractivity contribution in [3.63, 3.8) is 0 Å². The van der Waals surface area contributed by atoms with Crippen molar-refractivity contribution in [3.05, 3.63) is 89.6 Å². The fraction of sp³-hybridized carbons (Fsp3) is 0.120. The van der Waals surface area contributed by atoms with Gasteiger partial charge >= 0.3 is 0 Å². The van der Waals surface area contributed by atoms with E-state index < -0.39 is 23.4 Å². The normalized spacial score (nSPS) is 13.5. The maximum Gasteiger partial charge on any atom is 0.282 e. The molecule has 1 aliphatic heterocycles. The summed E-state index contributed by atoms with van der Waals surface area (Å²) in [7, 11) is 1.45. The second-order valence-corrected chi connectivity index (χ2v) is 7.08. The molecule has 0 saturated heterocycles. The molecule has 8 heteroatoms. The highest BCUT2D eigenvalue weighted by atomic mass is 19.2. The molecule has 1 aliphatic rings. The summed E-state index contributed by atoms with van der Waals surface area (Å²) in [6.45, 7) is 2.24. The number of carbonyl (C=O) groups is 2. The number of nitrogens with one attached hydrogen (secondary N) is 1. The molecule has 2 amide bonds. The van der Waals surface area contributed by atoms with Crippen LogP contribution >= 0.6 is 0 Å². The summed E-state index contributed by atoms with van der Waals surface area (Å²) >= 11 is 0. The molecule has 0 aromatic heterocycles. The van der Waals surface area contributed by atoms with Gasteiger partial charge in [0.25, 0.3) is 11.8 Å². The van der Waals surface area contributed by atoms with Crippen LogP contribution in [0.2, 0.25) is 0 Å². The van der Waals surface area contributed by atoms with Crippen LogP contribution in [0.5, 0.6) is 11.5 Å². The fourth-order valence-electron chi connectivity index (χ4n) is 3.58. The van der Waals surface area contributed by atoms with Crippen molar-refractivity contribution in [2.75, 3.05) is 23.9 Å². The molecule has 0 spiro atoms. The van der Waals surface area contributed by atoms with Gasteiger partial charge in [-0.3, -0.25) is 9.59 Å². The minimum Gasteiger partial charge on any atom is -0.496 e. The van der Waals surface area contributed by atoms with Gasteiger partial charge in [0.1, 0.15) is 17.2 Å². The van der Waals surface area contributed by atoms with Crippen LogP contribution in [0.3, 0.4) is 0 Å². The summed E-state index contributed by atoms with van der Waals surface area (Å²) in [6, 6.07) is 16.5. The fourth-order valence-corrected chi connectivity index (χ4v) is 3.58. The number of rotatable bonds is 7. The molecule has 3 aromatic rings. The maximum atomic E-state index is 13.8. The number of nitrogens with zero attached hydrogens (tertiary/aromatic N) is 1. The molecule has 168 valence electrons. The second kappa shape index (κ2) is 9.12. The Kier molecular flexibility index (Phi) is 6.08. The lowest BCUT2D eigenvalue weighted by Crippen LogP contribution is -2.32. The summed E-state index contributed by atoms with van der Waals surface area (Å²) in [5.74, 6) is -2.48. The zero-order valence-electron chi connectivity index (χ0n) is 17.9. The van der Waals surface area contributed by atoms with Gasteiger partial charge in [0, 0.05) is 23.4 Å². The van der Waals surface area contributed by atoms with Crippen LogP contribution in [-0.2, 0) is 9.59 Å². The molecule has 33 heavy (non-hydrogen) atoms. The number of benzene rings is 3. The maximum absolute atomic E-state index is 13.8. The van der Waals surface area contributed by atoms with Gasteiger partial charge in [0.15, 0.2) is 11.6 Å². The molecular formula is C25H20F2N2O4. The minimum atomic E-state index is -1.09. The van der Waals surface area contributed by atoms with E-state index in [2.05, 4.69) is 5.32 Å². The van der Waals surface area contributed by atoms with Crippen LogP contribution in [0, 0.1) is 11.6 Å². The van der Waals surface area contributed by atoms with Crippen molar-refractivity contribution in [2.45, 2.75) is 6.92 Å². The standard InChI is InChI=1S/C25H20F2N2O4/c1-3-33-17-8-6-7-16(14-17)29-24(30)22(18-9-4-5-10-21(18)32-2)23(25(29)31)28-15-11-12-19(26)20(27)13-15/h4-14,28H,3H2,1-2H3. The van der Waals surface area contributed by atoms with Gasteiger partial charge in [-0.05, 0) is 37.3 Å². The highest BCUT2D eigenvalue weighted by Gasteiger charge is 2.41. The van der Waals surface area contributed by atoms with E-state index >= 15 is 0 Å². The largest absolute Gasteiger partial charge is 0.496 e. The number of amides is 2. The summed E-state index contributed by atoms with van der Waals surface area (Å²) in [6.07, 6.45) is 0. The van der Waals surface area contributed by atoms with Crippen molar-refractivity contribution in [1.29, 1.82) is 0 Å². The van der Waals surface area contributed by atoms with Gasteiger partial charge in [-0.2, -0.15) is 0 Å². The number of ether oxygens (including phenoxy) is 2. The molecule has 0 bridgehead atoms. The van der Waals surface area contributed by atoms with E-state index in [4.69, 9.17) is 9.47 Å². The Hall–Kier alpha value is -4.20. The van der Waals surface area contributed by atoms with Crippen LogP contribution in [-0.4, -0.2) is 25.5 Å². The number of methoxy groups -OCH3 is 1. The van der Waals surface area contributed by atoms with E-state index in [1.807, 2.05) is 6.92 Å². The van der Waals surface area contributed by atoms with Crippen LogP contribution in [0.4, 0.5) is 20.2 Å². The monoisotopic (exact) mass is 450 g/mol. The third-order valence-corrected chi connectivity index (χ3v) is 5.04. The second-order valence-electron chi connectivity index (χ2n) is 7.08. The van der Waals surface area contributed by atoms with Gasteiger partial charge in [-0.25, -0.2) is 13.7 Å². The molecule has 0 atom stereocenters. The van der Waals surface area contributed by atoms with Crippen molar-refractivity contribution < 1.29 is 27.8 Å². The number of halogens is 2. The molecule has 1 heterocycles. The quantitative estimate of drug-likeness (QED) is 0.526. The first-order chi connectivity index (χ1) is 15.9. The predicted octanol–water partition coefficient (Wildman–Crippen LogP) is 4.77. The van der Waals surface area contributed by atoms with E-state index in [-0.39, 0.29) is 17.0 Å². The van der Waals surface area contributed by atoms with Crippen LogP contribution in [0.1, 0.15) is 12.5 Å². The SMILES string of the molecule is CCOc1cccc(N2C(=O)C(Nc3ccc(F)c(F)c3)=C(c3ccccc3OC)C2=O)c1. The Morgan fingerprint density at radius 2 is 1.70 bits per heavy atom. The van der Waals surface area contributed by atoms with E-state index in [9.17, 15) is 18.4 Å². The first kappa shape index (κ1) is 22.0. The van der Waals surface area contributed by atoms with Crippen LogP contribution in [0.25, 0.3) is 5.57 Å². The average molecular weight is 450 g/mol. The molecule has 1 N–H and O–H groups in total. The molecule has 0 unspecified atom stereocenters. The van der Waals surface area contributed by atoms with E-state index in [0.717, 1.165) is 17.0 Å². The van der Waals surface area contributed by atoms with Gasteiger partial charge < -0.3 is 14.8 Å². The number of imide groups is 1. The molecule has 4 rings (SSSR count). The van der Waals surface area contributed by atoms with Crippen molar-refractivity contribution in [3.8, 4) is 11.5 Å². The Balaban J connectivity index is 1.84. The molecule has 0 fully saturated rings. The smallest absolute Gasteiger partial charge is 0.282 e. The summed E-state index contributed by atoms with van der Waals surface area (Å²) < 4.78 is 38.1. The Morgan fingerprint density at radius 3 is 2.42 bits per heavy atom. The van der Waals surface area contributed by atoms with E-state index in [0.29, 0.717) is 29.4 Å². The third-order valence-electron chi connectivity index (χ3n) is 5.04. The minimum absolute atomic E-state index is 0.0454. The zero-order valence-corrected chi connectivity index (χ0v) is 17.9. The average Bonchev–Trinajstić information content (AvgIpc) is 3.05. The number of hydrogen-bond acceptors (Lipinski definition) is 5. The summed E-state index contributed by atoms with van der Waals surface area (Å²) in [5.41, 5.74) is 0.765. The van der Waals surface area contributed by atoms with Gasteiger partial charge in [0.2, 0.25) is 0 Å². The topological polar surface area (TPSA) is 67.9 Å². The molecule has 0 radical (unpaired) electrons. The van der Waals surface area contributed by atoms with Crippen LogP contribution < -0.4 is 19.7 Å². The van der Waals surface area contributed by atoms with Crippen molar-refractivity contribution in [1.82, 2.24) is 0 Å². The molecular weight excluding hydrogens is 430 g/mol. The molecule has 6 nitrogen and oxygen atoms in total. The Bertz CT molecular complexity index is 1270. The first-order valence-electron chi connectivity index (χ1n) is 10.2. The summed E-state index contributed by atoms with van der Waals surface area (Å²) in [4.78, 5) is 28.0. The van der Waals surface area contributed by atoms with Gasteiger partial charge in [-0.1, -0.05) is 24.3 Å². The van der Waals surface area contributed by atoms with Gasteiger partial charge in [0.05, 0.1) is 25.0 Å². The molecule has 3 aromatic carbocycles. The lowest BCUT2D eigenvalue weighted by Gasteiger charge is -2.16. The number of anilines is 2. The lowest BCUT2D eigenvalue weighted by atomic mass is 10.0. The van der Waals surface area contributed by atoms with Gasteiger partial charge in [-0.15, -0.1) is 0 Å². The summed E-state index contributed by atoms with van der Waals surface area (Å²) in [5, 5.41) is 2.80. The van der Waals surface area contributed by atoms with Crippen molar-refractivity contribution >= 4 is 28.8 Å². The zero-order chi connectivity index (χ0) is 23.5. The lowest BCUT2D eigenvalue weighted by molar-refractivity contribution is -0.120. The number of hydrogen-bond donors (Lipinski definition) is 1. The number of para-hydroxylation sites is 1. The molecule has 0 aliphatic carbocycles. The van der Waals surface area contributed by atoms with Crippen LogP contribution in [0.15, 0.2) is 72.4 Å². The third kappa shape index (κ3) is 4.15. The van der Waals surface area contributed by atoms with E-state index in [1.54, 1.807) is 48.5 Å². The Morgan fingerprint density at radius 1 is 0.909 bits per heavy atom.